The number of ether oxygens (including phenoxy) is 1. The normalized spacial score (nSPS) is 16.9. The van der Waals surface area contributed by atoms with Crippen LogP contribution >= 0.6 is 31.9 Å². The maximum atomic E-state index is 11.7. The molecule has 0 aliphatic heterocycles. The molecular weight excluding hydrogens is 488 g/mol. The summed E-state index contributed by atoms with van der Waals surface area (Å²) in [5.41, 5.74) is 3.03. The lowest BCUT2D eigenvalue weighted by molar-refractivity contribution is -0.142. The molecule has 1 aliphatic carbocycles. The zero-order valence-corrected chi connectivity index (χ0v) is 19.3. The summed E-state index contributed by atoms with van der Waals surface area (Å²) < 4.78 is 7.80. The number of hydrogen-bond donors (Lipinski definition) is 2. The van der Waals surface area contributed by atoms with Crippen LogP contribution in [0.1, 0.15) is 62.1 Å². The largest absolute Gasteiger partial charge is 0.508 e. The molecule has 150 valence electrons. The van der Waals surface area contributed by atoms with Gasteiger partial charge >= 0.3 is 5.97 Å². The van der Waals surface area contributed by atoms with Crippen molar-refractivity contribution in [2.45, 2.75) is 51.9 Å². The summed E-state index contributed by atoms with van der Waals surface area (Å²) >= 11 is 7.29. The van der Waals surface area contributed by atoms with Gasteiger partial charge in [-0.2, -0.15) is 0 Å². The van der Waals surface area contributed by atoms with Crippen LogP contribution in [0.5, 0.6) is 17.2 Å². The molecule has 6 heteroatoms. The van der Waals surface area contributed by atoms with E-state index < -0.39 is 5.97 Å². The maximum Gasteiger partial charge on any atom is 0.307 e. The van der Waals surface area contributed by atoms with Crippen molar-refractivity contribution in [3.8, 4) is 17.2 Å². The van der Waals surface area contributed by atoms with E-state index in [1.807, 2.05) is 32.9 Å². The van der Waals surface area contributed by atoms with Crippen LogP contribution in [0.15, 0.2) is 33.2 Å². The average Bonchev–Trinajstić information content (AvgIpc) is 3.03. The number of rotatable bonds is 6. The molecule has 0 spiro atoms. The Labute approximate surface area is 182 Å². The third kappa shape index (κ3) is 3.94. The first-order valence-corrected chi connectivity index (χ1v) is 11.1. The Morgan fingerprint density at radius 2 is 2.00 bits per heavy atom. The van der Waals surface area contributed by atoms with E-state index in [1.54, 1.807) is 12.1 Å². The van der Waals surface area contributed by atoms with Gasteiger partial charge < -0.3 is 14.9 Å². The zero-order valence-electron chi connectivity index (χ0n) is 16.1. The fourth-order valence-electron chi connectivity index (χ4n) is 4.02. The molecule has 2 aromatic rings. The molecule has 0 saturated heterocycles. The van der Waals surface area contributed by atoms with Gasteiger partial charge in [0, 0.05) is 5.56 Å². The minimum absolute atomic E-state index is 0.0142. The van der Waals surface area contributed by atoms with Crippen molar-refractivity contribution in [1.82, 2.24) is 0 Å². The standard InChI is InChI=1S/C22H24Br2O4/c1-4-13(22(26)27)14-6-7-15-17(14)10-18(23)21(20(15)24)28-12-5-8-19(25)16(9-12)11(2)3/h5,8-11,13-14,25H,4,6-7H2,1-3H3,(H,26,27). The van der Waals surface area contributed by atoms with Gasteiger partial charge in [0.2, 0.25) is 0 Å². The first-order valence-electron chi connectivity index (χ1n) is 9.48. The van der Waals surface area contributed by atoms with Gasteiger partial charge in [-0.1, -0.05) is 20.8 Å². The summed E-state index contributed by atoms with van der Waals surface area (Å²) in [6.07, 6.45) is 2.25. The van der Waals surface area contributed by atoms with Crippen molar-refractivity contribution in [2.24, 2.45) is 5.92 Å². The van der Waals surface area contributed by atoms with Gasteiger partial charge in [-0.15, -0.1) is 0 Å². The van der Waals surface area contributed by atoms with Gasteiger partial charge in [0.25, 0.3) is 0 Å². The van der Waals surface area contributed by atoms with Crippen molar-refractivity contribution >= 4 is 37.8 Å². The fourth-order valence-corrected chi connectivity index (χ4v) is 5.53. The lowest BCUT2D eigenvalue weighted by Crippen LogP contribution is -2.19. The first kappa shape index (κ1) is 21.2. The lowest BCUT2D eigenvalue weighted by atomic mass is 9.85. The molecule has 0 radical (unpaired) electrons. The van der Waals surface area contributed by atoms with Crippen molar-refractivity contribution < 1.29 is 19.7 Å². The predicted octanol–water partition coefficient (Wildman–Crippen LogP) is 6.97. The topological polar surface area (TPSA) is 66.8 Å². The Bertz CT molecular complexity index is 908. The number of aliphatic carboxylic acids is 1. The molecule has 4 nitrogen and oxygen atoms in total. The van der Waals surface area contributed by atoms with Crippen LogP contribution in [0, 0.1) is 5.92 Å². The number of aromatic hydroxyl groups is 1. The summed E-state index contributed by atoms with van der Waals surface area (Å²) in [6.45, 7) is 5.97. The Morgan fingerprint density at radius 3 is 2.61 bits per heavy atom. The van der Waals surface area contributed by atoms with E-state index in [-0.39, 0.29) is 23.5 Å². The molecule has 0 bridgehead atoms. The molecule has 28 heavy (non-hydrogen) atoms. The Hall–Kier alpha value is -1.53. The SMILES string of the molecule is CCC(C(=O)O)C1CCc2c1cc(Br)c(Oc1ccc(O)c(C(C)C)c1)c2Br. The second kappa shape index (κ2) is 8.46. The van der Waals surface area contributed by atoms with E-state index >= 15 is 0 Å². The maximum absolute atomic E-state index is 11.7. The molecule has 0 heterocycles. The number of hydrogen-bond acceptors (Lipinski definition) is 3. The van der Waals surface area contributed by atoms with E-state index in [0.29, 0.717) is 17.9 Å². The quantitative estimate of drug-likeness (QED) is 0.439. The highest BCUT2D eigenvalue weighted by Gasteiger charge is 2.35. The molecule has 0 fully saturated rings. The highest BCUT2D eigenvalue weighted by molar-refractivity contribution is 9.11. The van der Waals surface area contributed by atoms with E-state index in [4.69, 9.17) is 4.74 Å². The summed E-state index contributed by atoms with van der Waals surface area (Å²) in [4.78, 5) is 11.7. The summed E-state index contributed by atoms with van der Waals surface area (Å²) in [5.74, 6) is 0.656. The van der Waals surface area contributed by atoms with Crippen LogP contribution < -0.4 is 4.74 Å². The van der Waals surface area contributed by atoms with Crippen LogP contribution in [-0.4, -0.2) is 16.2 Å². The highest BCUT2D eigenvalue weighted by atomic mass is 79.9. The van der Waals surface area contributed by atoms with Crippen LogP contribution in [0.25, 0.3) is 0 Å². The van der Waals surface area contributed by atoms with Crippen molar-refractivity contribution in [3.63, 3.8) is 0 Å². The van der Waals surface area contributed by atoms with Gasteiger partial charge in [-0.25, -0.2) is 0 Å². The van der Waals surface area contributed by atoms with Crippen molar-refractivity contribution in [1.29, 1.82) is 0 Å². The van der Waals surface area contributed by atoms with E-state index in [2.05, 4.69) is 31.9 Å². The number of halogens is 2. The average molecular weight is 512 g/mol. The van der Waals surface area contributed by atoms with E-state index in [0.717, 1.165) is 38.5 Å². The van der Waals surface area contributed by atoms with Gasteiger partial charge in [0.05, 0.1) is 14.9 Å². The first-order chi connectivity index (χ1) is 13.2. The minimum atomic E-state index is -0.738. The van der Waals surface area contributed by atoms with Crippen LogP contribution in [-0.2, 0) is 11.2 Å². The molecule has 2 unspecified atom stereocenters. The smallest absolute Gasteiger partial charge is 0.307 e. The third-order valence-electron chi connectivity index (χ3n) is 5.50. The second-order valence-electron chi connectivity index (χ2n) is 7.54. The molecule has 2 aromatic carbocycles. The molecule has 3 rings (SSSR count). The van der Waals surface area contributed by atoms with E-state index in [9.17, 15) is 15.0 Å². The zero-order chi connectivity index (χ0) is 20.6. The molecule has 0 saturated carbocycles. The van der Waals surface area contributed by atoms with Crippen molar-refractivity contribution in [2.75, 3.05) is 0 Å². The van der Waals surface area contributed by atoms with Gasteiger partial charge in [0.1, 0.15) is 11.5 Å². The third-order valence-corrected chi connectivity index (χ3v) is 6.93. The number of phenols is 1. The Kier molecular flexibility index (Phi) is 6.40. The van der Waals surface area contributed by atoms with Crippen LogP contribution in [0.4, 0.5) is 0 Å². The lowest BCUT2D eigenvalue weighted by Gasteiger charge is -2.21. The van der Waals surface area contributed by atoms with Crippen LogP contribution in [0.2, 0.25) is 0 Å². The number of phenolic OH excluding ortho intramolecular Hbond substituents is 1. The summed E-state index contributed by atoms with van der Waals surface area (Å²) in [6, 6.07) is 7.25. The summed E-state index contributed by atoms with van der Waals surface area (Å²) in [5, 5.41) is 19.6. The Morgan fingerprint density at radius 1 is 1.29 bits per heavy atom. The van der Waals surface area contributed by atoms with Gasteiger partial charge in [-0.3, -0.25) is 4.79 Å². The summed E-state index contributed by atoms with van der Waals surface area (Å²) in [7, 11) is 0. The van der Waals surface area contributed by atoms with Crippen LogP contribution in [0.3, 0.4) is 0 Å². The predicted molar refractivity (Wildman–Crippen MR) is 117 cm³/mol. The molecule has 2 N–H and O–H groups in total. The monoisotopic (exact) mass is 510 g/mol. The van der Waals surface area contributed by atoms with Crippen molar-refractivity contribution in [3.05, 3.63) is 49.9 Å². The number of carboxylic acids is 1. The number of benzene rings is 2. The highest BCUT2D eigenvalue weighted by Crippen LogP contribution is 2.49. The molecule has 0 amide bonds. The minimum Gasteiger partial charge on any atom is -0.508 e. The van der Waals surface area contributed by atoms with Gasteiger partial charge in [0.15, 0.2) is 5.75 Å². The molecule has 0 aromatic heterocycles. The number of carboxylic acid groups (broad SMARTS) is 1. The molecule has 1 aliphatic rings. The molecular formula is C22H24Br2O4. The number of carbonyl (C=O) groups is 1. The number of fused-ring (bicyclic) bond motifs is 1. The fraction of sp³-hybridized carbons (Fsp3) is 0.409. The van der Waals surface area contributed by atoms with Gasteiger partial charge in [-0.05, 0) is 98.4 Å². The molecule has 2 atom stereocenters. The Balaban J connectivity index is 1.98. The van der Waals surface area contributed by atoms with E-state index in [1.165, 1.54) is 0 Å². The second-order valence-corrected chi connectivity index (χ2v) is 9.19.